The molecular weight excluding hydrogens is 427 g/mol. The number of pyridine rings is 1. The first-order valence-corrected chi connectivity index (χ1v) is 11.3. The van der Waals surface area contributed by atoms with Crippen LogP contribution in [0.4, 0.5) is 4.39 Å². The molecule has 0 spiro atoms. The zero-order valence-corrected chi connectivity index (χ0v) is 19.3. The van der Waals surface area contributed by atoms with Crippen LogP contribution in [0.1, 0.15) is 51.9 Å². The van der Waals surface area contributed by atoms with E-state index in [1.54, 1.807) is 18.3 Å². The highest BCUT2D eigenvalue weighted by molar-refractivity contribution is 5.64. The van der Waals surface area contributed by atoms with Crippen molar-refractivity contribution in [1.29, 1.82) is 0 Å². The Hall–Kier alpha value is -3.70. The molecule has 0 fully saturated rings. The molecule has 4 aromatic rings. The third-order valence-corrected chi connectivity index (χ3v) is 6.33. The number of aliphatic hydroxyl groups is 1. The van der Waals surface area contributed by atoms with Gasteiger partial charge in [0.15, 0.2) is 0 Å². The Morgan fingerprint density at radius 1 is 0.912 bits per heavy atom. The summed E-state index contributed by atoms with van der Waals surface area (Å²) in [6.45, 7) is 3.65. The van der Waals surface area contributed by atoms with Gasteiger partial charge in [0.2, 0.25) is 0 Å². The van der Waals surface area contributed by atoms with Gasteiger partial charge in [0.25, 0.3) is 0 Å². The number of aromatic nitrogens is 1. The number of aryl methyl sites for hydroxylation is 2. The number of aliphatic hydroxyl groups excluding tert-OH is 1. The maximum atomic E-state index is 14.2. The van der Waals surface area contributed by atoms with Gasteiger partial charge in [-0.3, -0.25) is 4.98 Å². The maximum absolute atomic E-state index is 14.2. The number of benzene rings is 3. The summed E-state index contributed by atoms with van der Waals surface area (Å²) in [5.74, 6) is -0.464. The molecule has 0 saturated heterocycles. The monoisotopic (exact) mass is 454 g/mol. The van der Waals surface area contributed by atoms with E-state index in [1.807, 2.05) is 55.5 Å². The highest BCUT2D eigenvalue weighted by Crippen LogP contribution is 2.38. The zero-order valence-electron chi connectivity index (χ0n) is 19.3. The molecule has 172 valence electrons. The first-order valence-electron chi connectivity index (χ1n) is 11.3. The Morgan fingerprint density at radius 2 is 1.65 bits per heavy atom. The first kappa shape index (κ1) is 23.5. The normalized spacial score (nSPS) is 12.8. The van der Waals surface area contributed by atoms with Gasteiger partial charge in [-0.1, -0.05) is 65.8 Å². The quantitative estimate of drug-likeness (QED) is 0.291. The molecule has 1 heterocycles. The van der Waals surface area contributed by atoms with E-state index < -0.39 is 11.9 Å². The number of hydrogen-bond donors (Lipinski definition) is 1. The molecule has 1 aromatic heterocycles. The van der Waals surface area contributed by atoms with E-state index in [2.05, 4.69) is 29.2 Å². The molecule has 2 unspecified atom stereocenters. The van der Waals surface area contributed by atoms with Crippen molar-refractivity contribution in [2.45, 2.75) is 38.8 Å². The van der Waals surface area contributed by atoms with Crippen molar-refractivity contribution in [3.05, 3.63) is 129 Å². The summed E-state index contributed by atoms with van der Waals surface area (Å²) < 4.78 is 14.2. The van der Waals surface area contributed by atoms with Gasteiger partial charge in [-0.05, 0) is 71.8 Å². The summed E-state index contributed by atoms with van der Waals surface area (Å²) in [7, 11) is 0. The molecule has 3 aromatic carbocycles. The van der Waals surface area contributed by atoms with Crippen LogP contribution in [-0.4, -0.2) is 10.1 Å². The van der Waals surface area contributed by atoms with Crippen molar-refractivity contribution in [3.8, 4) is 11.1 Å². The number of halogens is 1. The van der Waals surface area contributed by atoms with E-state index in [0.717, 1.165) is 39.1 Å². The Balaban J connectivity index is 1.70. The van der Waals surface area contributed by atoms with E-state index >= 15 is 0 Å². The maximum Gasteiger partial charge on any atom is 0.129 e. The fraction of sp³-hybridized carbons (Fsp3) is 0.207. The molecule has 0 aliphatic rings. The smallest absolute Gasteiger partial charge is 0.129 e. The predicted octanol–water partition coefficient (Wildman–Crippen LogP) is 7.03. The lowest BCUT2D eigenvalue weighted by Crippen LogP contribution is -2.09. The molecule has 5 heteroatoms. The summed E-state index contributed by atoms with van der Waals surface area (Å²) in [5, 5.41) is 12.7. The van der Waals surface area contributed by atoms with Gasteiger partial charge < -0.3 is 5.11 Å². The molecule has 0 saturated carbocycles. The standard InChI is InChI=1S/C29H27FN2O2/c1-19-5-3-4-6-26(19)27(17-29(32-34)24-13-14-31-20(2)15-24)22-9-7-21(8-10-22)23-11-12-25(18-33)28(30)16-23/h3-16,27,29,33H,17-18H2,1-2H3. The Kier molecular flexibility index (Phi) is 7.24. The number of nitroso groups, excluding NO2 is 1. The molecular formula is C29H27FN2O2. The second-order valence-electron chi connectivity index (χ2n) is 8.58. The molecule has 4 rings (SSSR count). The van der Waals surface area contributed by atoms with E-state index in [9.17, 15) is 14.4 Å². The van der Waals surface area contributed by atoms with Gasteiger partial charge >= 0.3 is 0 Å². The molecule has 34 heavy (non-hydrogen) atoms. The summed E-state index contributed by atoms with van der Waals surface area (Å²) >= 11 is 0. The zero-order chi connectivity index (χ0) is 24.1. The summed E-state index contributed by atoms with van der Waals surface area (Å²) in [6.07, 6.45) is 2.23. The largest absolute Gasteiger partial charge is 0.392 e. The number of nitrogens with zero attached hydrogens (tertiary/aromatic N) is 2. The topological polar surface area (TPSA) is 62.6 Å². The second-order valence-corrected chi connectivity index (χ2v) is 8.58. The van der Waals surface area contributed by atoms with Gasteiger partial charge in [-0.15, -0.1) is 0 Å². The summed E-state index contributed by atoms with van der Waals surface area (Å²) in [6, 6.07) is 24.3. The van der Waals surface area contributed by atoms with Crippen LogP contribution in [0.25, 0.3) is 11.1 Å². The third-order valence-electron chi connectivity index (χ3n) is 6.33. The van der Waals surface area contributed by atoms with Crippen molar-refractivity contribution >= 4 is 0 Å². The predicted molar refractivity (Wildman–Crippen MR) is 133 cm³/mol. The van der Waals surface area contributed by atoms with Crippen LogP contribution in [0.2, 0.25) is 0 Å². The summed E-state index contributed by atoms with van der Waals surface area (Å²) in [5.41, 5.74) is 6.96. The van der Waals surface area contributed by atoms with Gasteiger partial charge in [-0.2, -0.15) is 4.91 Å². The fourth-order valence-corrected chi connectivity index (χ4v) is 4.42. The average molecular weight is 455 g/mol. The highest BCUT2D eigenvalue weighted by Gasteiger charge is 2.23. The van der Waals surface area contributed by atoms with Crippen molar-refractivity contribution in [3.63, 3.8) is 0 Å². The van der Waals surface area contributed by atoms with Crippen LogP contribution in [0.15, 0.2) is 90.2 Å². The molecule has 2 atom stereocenters. The van der Waals surface area contributed by atoms with Crippen LogP contribution in [-0.2, 0) is 6.61 Å². The van der Waals surface area contributed by atoms with E-state index in [1.165, 1.54) is 6.07 Å². The SMILES string of the molecule is Cc1cc(C(CC(c2ccc(-c3ccc(CO)c(F)c3)cc2)c2ccccc2C)N=O)ccn1. The molecule has 0 radical (unpaired) electrons. The average Bonchev–Trinajstić information content (AvgIpc) is 2.85. The van der Waals surface area contributed by atoms with Gasteiger partial charge in [0.1, 0.15) is 11.9 Å². The fourth-order valence-electron chi connectivity index (χ4n) is 4.42. The minimum atomic E-state index is -0.508. The lowest BCUT2D eigenvalue weighted by Gasteiger charge is -2.23. The Bertz CT molecular complexity index is 1290. The van der Waals surface area contributed by atoms with Crippen LogP contribution >= 0.6 is 0 Å². The van der Waals surface area contributed by atoms with Crippen molar-refractivity contribution < 1.29 is 9.50 Å². The third kappa shape index (κ3) is 5.10. The minimum Gasteiger partial charge on any atom is -0.392 e. The van der Waals surface area contributed by atoms with Gasteiger partial charge in [-0.25, -0.2) is 4.39 Å². The van der Waals surface area contributed by atoms with Crippen LogP contribution in [0, 0.1) is 24.6 Å². The van der Waals surface area contributed by atoms with Crippen molar-refractivity contribution in [1.82, 2.24) is 4.98 Å². The highest BCUT2D eigenvalue weighted by atomic mass is 19.1. The van der Waals surface area contributed by atoms with Gasteiger partial charge in [0.05, 0.1) is 6.61 Å². The lowest BCUT2D eigenvalue weighted by molar-refractivity contribution is 0.276. The number of hydrogen-bond acceptors (Lipinski definition) is 4. The number of rotatable bonds is 8. The second kappa shape index (κ2) is 10.5. The van der Waals surface area contributed by atoms with E-state index in [-0.39, 0.29) is 18.1 Å². The van der Waals surface area contributed by atoms with E-state index in [4.69, 9.17) is 0 Å². The van der Waals surface area contributed by atoms with Crippen molar-refractivity contribution in [2.24, 2.45) is 5.18 Å². The molecule has 0 amide bonds. The van der Waals surface area contributed by atoms with E-state index in [0.29, 0.717) is 6.42 Å². The van der Waals surface area contributed by atoms with Gasteiger partial charge in [0, 0.05) is 23.4 Å². The Labute approximate surface area is 199 Å². The van der Waals surface area contributed by atoms with Crippen LogP contribution in [0.5, 0.6) is 0 Å². The van der Waals surface area contributed by atoms with Crippen LogP contribution < -0.4 is 0 Å². The Morgan fingerprint density at radius 3 is 2.29 bits per heavy atom. The molecule has 1 N–H and O–H groups in total. The molecule has 0 aliphatic carbocycles. The summed E-state index contributed by atoms with van der Waals surface area (Å²) in [4.78, 5) is 16.1. The van der Waals surface area contributed by atoms with Crippen molar-refractivity contribution in [2.75, 3.05) is 0 Å². The molecule has 4 nitrogen and oxygen atoms in total. The lowest BCUT2D eigenvalue weighted by atomic mass is 9.82. The van der Waals surface area contributed by atoms with Crippen LogP contribution in [0.3, 0.4) is 0 Å². The molecule has 0 aliphatic heterocycles. The first-order chi connectivity index (χ1) is 16.5. The molecule has 0 bridgehead atoms. The minimum absolute atomic E-state index is 0.0417.